The van der Waals surface area contributed by atoms with Gasteiger partial charge in [0.1, 0.15) is 4.90 Å². The van der Waals surface area contributed by atoms with Gasteiger partial charge in [0.15, 0.2) is 0 Å². The molecule has 1 aromatic rings. The lowest BCUT2D eigenvalue weighted by molar-refractivity contribution is 0.391. The van der Waals surface area contributed by atoms with Crippen molar-refractivity contribution in [2.24, 2.45) is 5.73 Å². The average molecular weight is 386 g/mol. The zero-order valence-electron chi connectivity index (χ0n) is 10.4. The maximum absolute atomic E-state index is 12.6. The number of benzene rings is 1. The largest absolute Gasteiger partial charge is 0.392 e. The number of thiocarbonyl (C=S) groups is 1. The quantitative estimate of drug-likeness (QED) is 0.792. The Hall–Kier alpha value is -0.210. The molecule has 0 saturated carbocycles. The van der Waals surface area contributed by atoms with E-state index in [4.69, 9.17) is 29.6 Å². The Balaban J connectivity index is 3.30. The minimum Gasteiger partial charge on any atom is -0.392 e. The smallest absolute Gasteiger partial charge is 0.245 e. The number of rotatable bonds is 5. The molecule has 0 aliphatic carbocycles. The van der Waals surface area contributed by atoms with Gasteiger partial charge in [0.25, 0.3) is 0 Å². The van der Waals surface area contributed by atoms with Crippen molar-refractivity contribution in [3.8, 4) is 0 Å². The van der Waals surface area contributed by atoms with Crippen LogP contribution in [0.2, 0.25) is 5.02 Å². The molecule has 0 atom stereocenters. The Kier molecular flexibility index (Phi) is 5.76. The van der Waals surface area contributed by atoms with Gasteiger partial charge in [-0.15, -0.1) is 0 Å². The number of sulfonamides is 1. The molecule has 0 bridgehead atoms. The van der Waals surface area contributed by atoms with Gasteiger partial charge in [-0.25, -0.2) is 8.42 Å². The van der Waals surface area contributed by atoms with Crippen molar-refractivity contribution < 1.29 is 8.42 Å². The van der Waals surface area contributed by atoms with Gasteiger partial charge < -0.3 is 5.73 Å². The summed E-state index contributed by atoms with van der Waals surface area (Å²) in [6.45, 7) is 3.49. The first-order valence-corrected chi connectivity index (χ1v) is 8.43. The molecule has 2 N–H and O–H groups in total. The van der Waals surface area contributed by atoms with E-state index >= 15 is 0 Å². The van der Waals surface area contributed by atoms with E-state index in [0.29, 0.717) is 4.47 Å². The molecule has 19 heavy (non-hydrogen) atoms. The molecule has 0 aliphatic rings. The Bertz CT molecular complexity index is 590. The fourth-order valence-corrected chi connectivity index (χ4v) is 4.36. The van der Waals surface area contributed by atoms with Crippen molar-refractivity contribution in [1.29, 1.82) is 0 Å². The maximum Gasteiger partial charge on any atom is 0.245 e. The molecule has 0 aromatic heterocycles. The van der Waals surface area contributed by atoms with Crippen LogP contribution in [-0.4, -0.2) is 30.3 Å². The SMILES string of the molecule is CC(C)N(CC(N)=S)S(=O)(=O)c1ccc(Br)cc1Cl. The molecule has 0 heterocycles. The molecule has 0 unspecified atom stereocenters. The van der Waals surface area contributed by atoms with Crippen LogP contribution in [-0.2, 0) is 10.0 Å². The maximum atomic E-state index is 12.6. The molecule has 1 aromatic carbocycles. The molecule has 0 saturated heterocycles. The molecule has 0 fully saturated rings. The van der Waals surface area contributed by atoms with E-state index in [1.807, 2.05) is 0 Å². The van der Waals surface area contributed by atoms with Gasteiger partial charge in [-0.1, -0.05) is 39.7 Å². The first-order valence-electron chi connectivity index (χ1n) is 5.41. The van der Waals surface area contributed by atoms with E-state index in [2.05, 4.69) is 15.9 Å². The van der Waals surface area contributed by atoms with E-state index in [1.165, 1.54) is 16.4 Å². The lowest BCUT2D eigenvalue weighted by atomic mass is 10.4. The fourth-order valence-electron chi connectivity index (χ4n) is 1.51. The third kappa shape index (κ3) is 4.13. The second kappa shape index (κ2) is 6.49. The Morgan fingerprint density at radius 3 is 2.53 bits per heavy atom. The fraction of sp³-hybridized carbons (Fsp3) is 0.364. The number of nitrogens with zero attached hydrogens (tertiary/aromatic N) is 1. The van der Waals surface area contributed by atoms with Gasteiger partial charge in [-0.3, -0.25) is 0 Å². The van der Waals surface area contributed by atoms with Crippen molar-refractivity contribution >= 4 is 54.8 Å². The Morgan fingerprint density at radius 2 is 2.11 bits per heavy atom. The molecule has 4 nitrogen and oxygen atoms in total. The van der Waals surface area contributed by atoms with Crippen LogP contribution in [0.4, 0.5) is 0 Å². The lowest BCUT2D eigenvalue weighted by Gasteiger charge is -2.25. The third-order valence-corrected chi connectivity index (χ3v) is 5.50. The summed E-state index contributed by atoms with van der Waals surface area (Å²) in [6, 6.07) is 4.34. The van der Waals surface area contributed by atoms with Crippen LogP contribution in [0.1, 0.15) is 13.8 Å². The first-order chi connectivity index (χ1) is 8.66. The summed E-state index contributed by atoms with van der Waals surface area (Å²) in [7, 11) is -3.73. The summed E-state index contributed by atoms with van der Waals surface area (Å²) in [6.07, 6.45) is 0. The van der Waals surface area contributed by atoms with E-state index in [9.17, 15) is 8.42 Å². The molecule has 0 radical (unpaired) electrons. The van der Waals surface area contributed by atoms with E-state index in [1.54, 1.807) is 19.9 Å². The molecule has 1 rings (SSSR count). The van der Waals surface area contributed by atoms with E-state index in [0.717, 1.165) is 0 Å². The molecule has 8 heteroatoms. The third-order valence-electron chi connectivity index (χ3n) is 2.37. The van der Waals surface area contributed by atoms with Crippen molar-refractivity contribution in [3.05, 3.63) is 27.7 Å². The summed E-state index contributed by atoms with van der Waals surface area (Å²) in [5.41, 5.74) is 5.45. The highest BCUT2D eigenvalue weighted by Crippen LogP contribution is 2.28. The second-order valence-corrected chi connectivity index (χ2v) is 7.89. The lowest BCUT2D eigenvalue weighted by Crippen LogP contribution is -2.42. The molecule has 0 spiro atoms. The van der Waals surface area contributed by atoms with Crippen LogP contribution in [0, 0.1) is 0 Å². The number of hydrogen-bond acceptors (Lipinski definition) is 3. The molecular formula is C11H14BrClN2O2S2. The number of nitrogens with two attached hydrogens (primary N) is 1. The van der Waals surface area contributed by atoms with Crippen LogP contribution >= 0.6 is 39.7 Å². The topological polar surface area (TPSA) is 63.4 Å². The van der Waals surface area contributed by atoms with Crippen LogP contribution in [0.5, 0.6) is 0 Å². The second-order valence-electron chi connectivity index (χ2n) is 4.19. The Morgan fingerprint density at radius 1 is 1.53 bits per heavy atom. The molecule has 106 valence electrons. The monoisotopic (exact) mass is 384 g/mol. The summed E-state index contributed by atoms with van der Waals surface area (Å²) >= 11 is 14.0. The van der Waals surface area contributed by atoms with Crippen molar-refractivity contribution in [2.75, 3.05) is 6.54 Å². The number of halogens is 2. The summed E-state index contributed by atoms with van der Waals surface area (Å²) in [5, 5.41) is 0.156. The Labute approximate surface area is 132 Å². The molecular weight excluding hydrogens is 372 g/mol. The van der Waals surface area contributed by atoms with Crippen LogP contribution < -0.4 is 5.73 Å². The van der Waals surface area contributed by atoms with Crippen LogP contribution in [0.3, 0.4) is 0 Å². The molecule has 0 aliphatic heterocycles. The summed E-state index contributed by atoms with van der Waals surface area (Å²) < 4.78 is 27.0. The van der Waals surface area contributed by atoms with Gasteiger partial charge >= 0.3 is 0 Å². The van der Waals surface area contributed by atoms with E-state index < -0.39 is 10.0 Å². The zero-order valence-corrected chi connectivity index (χ0v) is 14.4. The van der Waals surface area contributed by atoms with E-state index in [-0.39, 0.29) is 27.5 Å². The van der Waals surface area contributed by atoms with Crippen molar-refractivity contribution in [2.45, 2.75) is 24.8 Å². The van der Waals surface area contributed by atoms with Gasteiger partial charge in [0, 0.05) is 10.5 Å². The summed E-state index contributed by atoms with van der Waals surface area (Å²) in [5.74, 6) is 0. The highest BCUT2D eigenvalue weighted by atomic mass is 79.9. The summed E-state index contributed by atoms with van der Waals surface area (Å²) in [4.78, 5) is 0.160. The minimum absolute atomic E-state index is 0.0122. The molecule has 0 amide bonds. The minimum atomic E-state index is -3.73. The first kappa shape index (κ1) is 16.8. The highest BCUT2D eigenvalue weighted by Gasteiger charge is 2.29. The van der Waals surface area contributed by atoms with Gasteiger partial charge in [-0.05, 0) is 32.0 Å². The average Bonchev–Trinajstić information content (AvgIpc) is 2.24. The van der Waals surface area contributed by atoms with Crippen molar-refractivity contribution in [1.82, 2.24) is 4.31 Å². The predicted molar refractivity (Wildman–Crippen MR) is 85.0 cm³/mol. The predicted octanol–water partition coefficient (Wildman–Crippen LogP) is 2.79. The standard InChI is InChI=1S/C11H14BrClN2O2S2/c1-7(2)15(6-11(14)18)19(16,17)10-4-3-8(12)5-9(10)13/h3-5,7H,6H2,1-2H3,(H2,14,18). The van der Waals surface area contributed by atoms with Crippen molar-refractivity contribution in [3.63, 3.8) is 0 Å². The normalized spacial score (nSPS) is 12.1. The number of hydrogen-bond donors (Lipinski definition) is 1. The van der Waals surface area contributed by atoms with Gasteiger partial charge in [0.2, 0.25) is 10.0 Å². The van der Waals surface area contributed by atoms with Gasteiger partial charge in [-0.2, -0.15) is 4.31 Å². The van der Waals surface area contributed by atoms with Crippen LogP contribution in [0.15, 0.2) is 27.6 Å². The highest BCUT2D eigenvalue weighted by molar-refractivity contribution is 9.10. The zero-order chi connectivity index (χ0) is 14.8. The van der Waals surface area contributed by atoms with Crippen LogP contribution in [0.25, 0.3) is 0 Å². The van der Waals surface area contributed by atoms with Gasteiger partial charge in [0.05, 0.1) is 16.6 Å².